The van der Waals surface area contributed by atoms with Crippen molar-refractivity contribution in [3.63, 3.8) is 0 Å². The van der Waals surface area contributed by atoms with E-state index in [1.807, 2.05) is 38.1 Å². The van der Waals surface area contributed by atoms with Gasteiger partial charge in [0.15, 0.2) is 0 Å². The molecule has 1 amide bonds. The van der Waals surface area contributed by atoms with Crippen LogP contribution < -0.4 is 9.64 Å². The molecule has 0 spiro atoms. The molecule has 3 nitrogen and oxygen atoms in total. The summed E-state index contributed by atoms with van der Waals surface area (Å²) in [7, 11) is 0. The van der Waals surface area contributed by atoms with E-state index < -0.39 is 6.10 Å². The van der Waals surface area contributed by atoms with Gasteiger partial charge in [-0.2, -0.15) is 0 Å². The van der Waals surface area contributed by atoms with Crippen LogP contribution in [0.15, 0.2) is 66.7 Å². The van der Waals surface area contributed by atoms with Crippen molar-refractivity contribution in [3.05, 3.63) is 94.3 Å². The van der Waals surface area contributed by atoms with Gasteiger partial charge in [-0.3, -0.25) is 9.69 Å². The number of rotatable bonds is 4. The van der Waals surface area contributed by atoms with Crippen LogP contribution in [0.5, 0.6) is 5.75 Å². The first kappa shape index (κ1) is 18.5. The van der Waals surface area contributed by atoms with Crippen LogP contribution in [0.25, 0.3) is 0 Å². The van der Waals surface area contributed by atoms with Crippen LogP contribution in [0, 0.1) is 19.7 Å². The van der Waals surface area contributed by atoms with Crippen molar-refractivity contribution < 1.29 is 13.9 Å². The molecule has 0 unspecified atom stereocenters. The van der Waals surface area contributed by atoms with E-state index in [1.54, 1.807) is 35.2 Å². The third-order valence-corrected chi connectivity index (χ3v) is 5.20. The van der Waals surface area contributed by atoms with Crippen molar-refractivity contribution >= 4 is 23.2 Å². The van der Waals surface area contributed by atoms with Gasteiger partial charge in [0, 0.05) is 10.7 Å². The molecule has 1 aliphatic heterocycles. The van der Waals surface area contributed by atoms with Crippen molar-refractivity contribution in [1.82, 2.24) is 0 Å². The Bertz CT molecular complexity index is 1020. The highest BCUT2D eigenvalue weighted by atomic mass is 35.5. The van der Waals surface area contributed by atoms with Gasteiger partial charge in [0.2, 0.25) is 6.10 Å². The quantitative estimate of drug-likeness (QED) is 0.535. The highest BCUT2D eigenvalue weighted by Gasteiger charge is 2.51. The van der Waals surface area contributed by atoms with E-state index in [0.29, 0.717) is 16.5 Å². The van der Waals surface area contributed by atoms with Gasteiger partial charge >= 0.3 is 0 Å². The first-order valence-corrected chi connectivity index (χ1v) is 9.40. The Morgan fingerprint density at radius 1 is 0.964 bits per heavy atom. The molecule has 0 aliphatic carbocycles. The Labute approximate surface area is 168 Å². The fraction of sp³-hybridized carbons (Fsp3) is 0.174. The monoisotopic (exact) mass is 395 g/mol. The molecule has 4 rings (SSSR count). The van der Waals surface area contributed by atoms with Gasteiger partial charge < -0.3 is 4.74 Å². The number of hydrogen-bond acceptors (Lipinski definition) is 2. The molecule has 2 atom stereocenters. The summed E-state index contributed by atoms with van der Waals surface area (Å²) in [6, 6.07) is 18.9. The van der Waals surface area contributed by atoms with E-state index >= 15 is 0 Å². The lowest BCUT2D eigenvalue weighted by Gasteiger charge is -2.46. The molecule has 3 aromatic carbocycles. The number of hydrogen-bond donors (Lipinski definition) is 0. The highest BCUT2D eigenvalue weighted by molar-refractivity contribution is 6.30. The van der Waals surface area contributed by atoms with Crippen LogP contribution >= 0.6 is 11.6 Å². The molecular formula is C23H19ClFNO2. The van der Waals surface area contributed by atoms with Crippen molar-refractivity contribution in [2.75, 3.05) is 4.90 Å². The number of ether oxygens (including phenoxy) is 1. The summed E-state index contributed by atoms with van der Waals surface area (Å²) in [5.74, 6) is 0.123. The molecule has 28 heavy (non-hydrogen) atoms. The van der Waals surface area contributed by atoms with Crippen LogP contribution in [0.2, 0.25) is 5.02 Å². The molecule has 0 bridgehead atoms. The molecule has 0 radical (unpaired) electrons. The minimum absolute atomic E-state index is 0.161. The van der Waals surface area contributed by atoms with Gasteiger partial charge in [-0.1, -0.05) is 41.4 Å². The molecule has 0 saturated carbocycles. The fourth-order valence-corrected chi connectivity index (χ4v) is 3.66. The third-order valence-electron chi connectivity index (χ3n) is 4.96. The number of carbonyl (C=O) groups is 1. The van der Waals surface area contributed by atoms with Gasteiger partial charge in [0.1, 0.15) is 17.6 Å². The Balaban J connectivity index is 1.69. The molecule has 1 fully saturated rings. The number of β-lactam (4-membered cyclic amide) rings is 1. The number of nitrogens with zero attached hydrogens (tertiary/aromatic N) is 1. The van der Waals surface area contributed by atoms with Crippen LogP contribution in [0.1, 0.15) is 22.7 Å². The Morgan fingerprint density at radius 2 is 1.64 bits per heavy atom. The predicted molar refractivity (Wildman–Crippen MR) is 108 cm³/mol. The van der Waals surface area contributed by atoms with Crippen LogP contribution in [-0.4, -0.2) is 12.0 Å². The second kappa shape index (κ2) is 7.28. The molecular weight excluding hydrogens is 377 g/mol. The van der Waals surface area contributed by atoms with Crippen molar-refractivity contribution in [2.45, 2.75) is 26.0 Å². The first-order chi connectivity index (χ1) is 13.4. The zero-order valence-corrected chi connectivity index (χ0v) is 16.3. The maximum Gasteiger partial charge on any atom is 0.271 e. The number of anilines is 1. The molecule has 1 saturated heterocycles. The van der Waals surface area contributed by atoms with Gasteiger partial charge in [0.25, 0.3) is 5.91 Å². The van der Waals surface area contributed by atoms with Gasteiger partial charge in [-0.25, -0.2) is 4.39 Å². The average molecular weight is 396 g/mol. The number of aryl methyl sites for hydroxylation is 2. The first-order valence-electron chi connectivity index (χ1n) is 9.02. The van der Waals surface area contributed by atoms with E-state index in [9.17, 15) is 9.18 Å². The summed E-state index contributed by atoms with van der Waals surface area (Å²) >= 11 is 6.02. The highest BCUT2D eigenvalue weighted by Crippen LogP contribution is 2.42. The van der Waals surface area contributed by atoms with Gasteiger partial charge in [-0.05, 0) is 67.4 Å². The Kier molecular flexibility index (Phi) is 4.82. The van der Waals surface area contributed by atoms with Gasteiger partial charge in [-0.15, -0.1) is 0 Å². The van der Waals surface area contributed by atoms with Crippen molar-refractivity contribution in [1.29, 1.82) is 0 Å². The molecule has 1 heterocycles. The minimum Gasteiger partial charge on any atom is -0.478 e. The second-order valence-corrected chi connectivity index (χ2v) is 7.42. The third kappa shape index (κ3) is 3.36. The summed E-state index contributed by atoms with van der Waals surface area (Å²) in [6.07, 6.45) is -0.660. The maximum atomic E-state index is 13.3. The van der Waals surface area contributed by atoms with Crippen molar-refractivity contribution in [2.24, 2.45) is 0 Å². The Morgan fingerprint density at radius 3 is 2.29 bits per heavy atom. The molecule has 3 aromatic rings. The summed E-state index contributed by atoms with van der Waals surface area (Å²) < 4.78 is 19.4. The molecule has 5 heteroatoms. The van der Waals surface area contributed by atoms with Crippen LogP contribution in [-0.2, 0) is 4.79 Å². The normalized spacial score (nSPS) is 18.7. The summed E-state index contributed by atoms with van der Waals surface area (Å²) in [5, 5.41) is 0.618. The topological polar surface area (TPSA) is 29.5 Å². The van der Waals surface area contributed by atoms with Crippen molar-refractivity contribution in [3.8, 4) is 5.75 Å². The lowest BCUT2D eigenvalue weighted by atomic mass is 9.89. The number of amides is 1. The SMILES string of the molecule is Cc1ccc([C@@H]2[C@@H](Oc3ccc(Cl)cc3C)C(=O)N2c2ccc(F)cc2)cc1. The van der Waals surface area contributed by atoms with E-state index in [0.717, 1.165) is 16.7 Å². The van der Waals surface area contributed by atoms with Crippen LogP contribution in [0.4, 0.5) is 10.1 Å². The maximum absolute atomic E-state index is 13.3. The molecule has 1 aliphatic rings. The number of benzene rings is 3. The Hall–Kier alpha value is -2.85. The summed E-state index contributed by atoms with van der Waals surface area (Å²) in [6.45, 7) is 3.90. The summed E-state index contributed by atoms with van der Waals surface area (Å²) in [4.78, 5) is 14.6. The van der Waals surface area contributed by atoms with Gasteiger partial charge in [0.05, 0.1) is 0 Å². The molecule has 0 N–H and O–H groups in total. The molecule has 0 aromatic heterocycles. The van der Waals surface area contributed by atoms with Crippen LogP contribution in [0.3, 0.4) is 0 Å². The van der Waals surface area contributed by atoms with E-state index in [2.05, 4.69) is 0 Å². The largest absolute Gasteiger partial charge is 0.478 e. The number of halogens is 2. The van der Waals surface area contributed by atoms with E-state index in [4.69, 9.17) is 16.3 Å². The van der Waals surface area contributed by atoms with E-state index in [1.165, 1.54) is 12.1 Å². The smallest absolute Gasteiger partial charge is 0.271 e. The lowest BCUT2D eigenvalue weighted by molar-refractivity contribution is -0.135. The standard InChI is InChI=1S/C23H19ClFNO2/c1-14-3-5-16(6-4-14)21-22(28-20-12-7-17(24)13-15(20)2)23(27)26(21)19-10-8-18(25)9-11-19/h3-13,21-22H,1-2H3/t21-,22-/m1/s1. The predicted octanol–water partition coefficient (Wildman–Crippen LogP) is 5.63. The number of carbonyl (C=O) groups excluding carboxylic acids is 1. The second-order valence-electron chi connectivity index (χ2n) is 6.99. The minimum atomic E-state index is -0.660. The summed E-state index contributed by atoms with van der Waals surface area (Å²) in [5.41, 5.74) is 3.60. The average Bonchev–Trinajstić information content (AvgIpc) is 2.67. The molecule has 142 valence electrons. The zero-order chi connectivity index (χ0) is 19.8. The van der Waals surface area contributed by atoms with E-state index in [-0.39, 0.29) is 17.8 Å². The lowest BCUT2D eigenvalue weighted by Crippen LogP contribution is -2.61. The fourth-order valence-electron chi connectivity index (χ4n) is 3.44. The zero-order valence-electron chi connectivity index (χ0n) is 15.5.